The summed E-state index contributed by atoms with van der Waals surface area (Å²) in [7, 11) is 0. The molecule has 1 aromatic heterocycles. The molecule has 0 radical (unpaired) electrons. The number of carbonyl (C=O) groups is 2. The lowest BCUT2D eigenvalue weighted by Gasteiger charge is -2.09. The Morgan fingerprint density at radius 1 is 1.11 bits per heavy atom. The van der Waals surface area contributed by atoms with Crippen molar-refractivity contribution in [3.8, 4) is 5.75 Å². The maximum atomic E-state index is 13.2. The summed E-state index contributed by atoms with van der Waals surface area (Å²) in [5.41, 5.74) is 0.737. The van der Waals surface area contributed by atoms with Gasteiger partial charge in [-0.25, -0.2) is 4.39 Å². The standard InChI is InChI=1S/C19H17FN4O3S/c1-2-27-15-9-4-3-8-14(15)17(25)21-11-16-23-24-19(28-16)18(26)22-13-7-5-6-12(20)10-13/h3-10H,2,11H2,1H3,(H,21,25)(H,22,26). The number of nitrogens with zero attached hydrogens (tertiary/aromatic N) is 2. The van der Waals surface area contributed by atoms with Crippen LogP contribution in [-0.4, -0.2) is 28.6 Å². The van der Waals surface area contributed by atoms with E-state index in [2.05, 4.69) is 20.8 Å². The van der Waals surface area contributed by atoms with E-state index in [-0.39, 0.29) is 17.5 Å². The molecule has 7 nitrogen and oxygen atoms in total. The Balaban J connectivity index is 1.60. The third-order valence-electron chi connectivity index (χ3n) is 3.58. The second-order valence-electron chi connectivity index (χ2n) is 5.58. The molecule has 28 heavy (non-hydrogen) atoms. The Morgan fingerprint density at radius 3 is 2.71 bits per heavy atom. The highest BCUT2D eigenvalue weighted by Crippen LogP contribution is 2.18. The highest BCUT2D eigenvalue weighted by Gasteiger charge is 2.16. The zero-order chi connectivity index (χ0) is 19.9. The van der Waals surface area contributed by atoms with Crippen LogP contribution in [0.2, 0.25) is 0 Å². The number of halogens is 1. The second kappa shape index (κ2) is 9.05. The third kappa shape index (κ3) is 4.89. The zero-order valence-corrected chi connectivity index (χ0v) is 15.8. The summed E-state index contributed by atoms with van der Waals surface area (Å²) in [6.07, 6.45) is 0. The Labute approximate surface area is 164 Å². The topological polar surface area (TPSA) is 93.2 Å². The summed E-state index contributed by atoms with van der Waals surface area (Å²) in [6, 6.07) is 12.5. The summed E-state index contributed by atoms with van der Waals surface area (Å²) >= 11 is 1.04. The van der Waals surface area contributed by atoms with E-state index in [0.717, 1.165) is 11.3 Å². The van der Waals surface area contributed by atoms with E-state index < -0.39 is 11.7 Å². The van der Waals surface area contributed by atoms with Gasteiger partial charge in [-0.15, -0.1) is 10.2 Å². The van der Waals surface area contributed by atoms with Gasteiger partial charge in [-0.2, -0.15) is 0 Å². The van der Waals surface area contributed by atoms with Crippen molar-refractivity contribution in [3.05, 3.63) is 69.9 Å². The molecular weight excluding hydrogens is 383 g/mol. The minimum absolute atomic E-state index is 0.114. The number of hydrogen-bond acceptors (Lipinski definition) is 6. The highest BCUT2D eigenvalue weighted by molar-refractivity contribution is 7.13. The molecule has 0 fully saturated rings. The van der Waals surface area contributed by atoms with E-state index in [4.69, 9.17) is 4.74 Å². The Kier molecular flexibility index (Phi) is 6.28. The van der Waals surface area contributed by atoms with Crippen molar-refractivity contribution in [2.45, 2.75) is 13.5 Å². The van der Waals surface area contributed by atoms with Crippen LogP contribution in [0.1, 0.15) is 32.1 Å². The molecule has 0 aliphatic heterocycles. The van der Waals surface area contributed by atoms with Gasteiger partial charge in [0.25, 0.3) is 11.8 Å². The average molecular weight is 400 g/mol. The first-order valence-electron chi connectivity index (χ1n) is 8.46. The van der Waals surface area contributed by atoms with E-state index in [1.807, 2.05) is 6.92 Å². The van der Waals surface area contributed by atoms with Crippen molar-refractivity contribution in [2.24, 2.45) is 0 Å². The van der Waals surface area contributed by atoms with Crippen LogP contribution in [0.3, 0.4) is 0 Å². The molecule has 2 aromatic carbocycles. The fourth-order valence-electron chi connectivity index (χ4n) is 2.35. The van der Waals surface area contributed by atoms with Crippen molar-refractivity contribution in [2.75, 3.05) is 11.9 Å². The molecule has 0 saturated carbocycles. The Bertz CT molecular complexity index is 993. The maximum absolute atomic E-state index is 13.2. The van der Waals surface area contributed by atoms with Gasteiger partial charge in [0.2, 0.25) is 5.01 Å². The van der Waals surface area contributed by atoms with Gasteiger partial charge in [0, 0.05) is 5.69 Å². The quantitative estimate of drug-likeness (QED) is 0.635. The SMILES string of the molecule is CCOc1ccccc1C(=O)NCc1nnc(C(=O)Nc2cccc(F)c2)s1. The van der Waals surface area contributed by atoms with E-state index in [1.54, 1.807) is 30.3 Å². The van der Waals surface area contributed by atoms with Crippen molar-refractivity contribution in [1.29, 1.82) is 0 Å². The largest absolute Gasteiger partial charge is 0.493 e. The zero-order valence-electron chi connectivity index (χ0n) is 14.9. The third-order valence-corrected chi connectivity index (χ3v) is 4.50. The fourth-order valence-corrected chi connectivity index (χ4v) is 3.03. The molecule has 0 saturated heterocycles. The van der Waals surface area contributed by atoms with E-state index >= 15 is 0 Å². The smallest absolute Gasteiger partial charge is 0.286 e. The maximum Gasteiger partial charge on any atom is 0.286 e. The normalized spacial score (nSPS) is 10.4. The molecule has 0 spiro atoms. The van der Waals surface area contributed by atoms with Crippen molar-refractivity contribution >= 4 is 28.8 Å². The van der Waals surface area contributed by atoms with Gasteiger partial charge in [-0.3, -0.25) is 9.59 Å². The van der Waals surface area contributed by atoms with Gasteiger partial charge in [-0.05, 0) is 37.3 Å². The number of carbonyl (C=O) groups excluding carboxylic acids is 2. The van der Waals surface area contributed by atoms with Gasteiger partial charge in [0.05, 0.1) is 18.7 Å². The molecule has 3 rings (SSSR count). The van der Waals surface area contributed by atoms with Crippen LogP contribution in [0, 0.1) is 5.82 Å². The van der Waals surface area contributed by atoms with Crippen molar-refractivity contribution < 1.29 is 18.7 Å². The van der Waals surface area contributed by atoms with Crippen LogP contribution >= 0.6 is 11.3 Å². The lowest BCUT2D eigenvalue weighted by Crippen LogP contribution is -2.23. The number of aromatic nitrogens is 2. The van der Waals surface area contributed by atoms with Crippen molar-refractivity contribution in [1.82, 2.24) is 15.5 Å². The molecule has 144 valence electrons. The number of para-hydroxylation sites is 1. The number of hydrogen-bond donors (Lipinski definition) is 2. The van der Waals surface area contributed by atoms with E-state index in [0.29, 0.717) is 28.6 Å². The van der Waals surface area contributed by atoms with Crippen LogP contribution in [0.5, 0.6) is 5.75 Å². The molecular formula is C19H17FN4O3S. The summed E-state index contributed by atoms with van der Waals surface area (Å²) < 4.78 is 18.6. The van der Waals surface area contributed by atoms with Crippen LogP contribution in [0.4, 0.5) is 10.1 Å². The number of anilines is 1. The van der Waals surface area contributed by atoms with Crippen LogP contribution < -0.4 is 15.4 Å². The van der Waals surface area contributed by atoms with Gasteiger partial charge >= 0.3 is 0 Å². The summed E-state index contributed by atoms with van der Waals surface area (Å²) in [5.74, 6) is -0.770. The molecule has 2 N–H and O–H groups in total. The average Bonchev–Trinajstić information content (AvgIpc) is 3.16. The predicted octanol–water partition coefficient (Wildman–Crippen LogP) is 3.26. The predicted molar refractivity (Wildman–Crippen MR) is 103 cm³/mol. The van der Waals surface area contributed by atoms with Crippen LogP contribution in [0.25, 0.3) is 0 Å². The lowest BCUT2D eigenvalue weighted by molar-refractivity contribution is 0.0946. The Morgan fingerprint density at radius 2 is 1.93 bits per heavy atom. The molecule has 0 bridgehead atoms. The fraction of sp³-hybridized carbons (Fsp3) is 0.158. The second-order valence-corrected chi connectivity index (χ2v) is 6.64. The molecule has 0 aliphatic carbocycles. The van der Waals surface area contributed by atoms with Crippen LogP contribution in [-0.2, 0) is 6.54 Å². The number of benzene rings is 2. The first-order chi connectivity index (χ1) is 13.6. The Hall–Kier alpha value is -3.33. The van der Waals surface area contributed by atoms with E-state index in [9.17, 15) is 14.0 Å². The molecule has 0 unspecified atom stereocenters. The van der Waals surface area contributed by atoms with Crippen LogP contribution in [0.15, 0.2) is 48.5 Å². The minimum Gasteiger partial charge on any atom is -0.493 e. The number of rotatable bonds is 7. The minimum atomic E-state index is -0.498. The molecule has 9 heteroatoms. The van der Waals surface area contributed by atoms with Gasteiger partial charge in [-0.1, -0.05) is 29.5 Å². The number of nitrogens with one attached hydrogen (secondary N) is 2. The lowest BCUT2D eigenvalue weighted by atomic mass is 10.2. The van der Waals surface area contributed by atoms with Gasteiger partial charge < -0.3 is 15.4 Å². The van der Waals surface area contributed by atoms with E-state index in [1.165, 1.54) is 18.2 Å². The molecule has 0 aliphatic rings. The molecule has 3 aromatic rings. The number of amides is 2. The first-order valence-corrected chi connectivity index (χ1v) is 9.27. The molecule has 0 atom stereocenters. The van der Waals surface area contributed by atoms with Crippen molar-refractivity contribution in [3.63, 3.8) is 0 Å². The molecule has 2 amide bonds. The number of ether oxygens (including phenoxy) is 1. The highest BCUT2D eigenvalue weighted by atomic mass is 32.1. The monoisotopic (exact) mass is 400 g/mol. The summed E-state index contributed by atoms with van der Waals surface area (Å²) in [6.45, 7) is 2.40. The molecule has 1 heterocycles. The van der Waals surface area contributed by atoms with Gasteiger partial charge in [0.1, 0.15) is 16.6 Å². The van der Waals surface area contributed by atoms with Gasteiger partial charge in [0.15, 0.2) is 0 Å². The summed E-state index contributed by atoms with van der Waals surface area (Å²) in [5, 5.41) is 13.6. The first kappa shape index (κ1) is 19.4. The summed E-state index contributed by atoms with van der Waals surface area (Å²) in [4.78, 5) is 24.6.